The summed E-state index contributed by atoms with van der Waals surface area (Å²) < 4.78 is 17.7. The molecule has 1 aliphatic heterocycles. The highest BCUT2D eigenvalue weighted by Crippen LogP contribution is 2.56. The lowest BCUT2D eigenvalue weighted by Crippen LogP contribution is -2.88. The Morgan fingerprint density at radius 2 is 1.27 bits per heavy atom. The van der Waals surface area contributed by atoms with E-state index in [4.69, 9.17) is 25.7 Å². The molecule has 1 fully saturated rings. The van der Waals surface area contributed by atoms with Crippen molar-refractivity contribution in [2.75, 3.05) is 66.7 Å². The van der Waals surface area contributed by atoms with E-state index >= 15 is 0 Å². The summed E-state index contributed by atoms with van der Waals surface area (Å²) in [6, 6.07) is 0. The molecule has 5 atom stereocenters. The Labute approximate surface area is 201 Å². The maximum Gasteiger partial charge on any atom is 0.123 e. The molecule has 1 heterocycles. The number of methoxy groups -OCH3 is 2. The number of hydrogen-bond donors (Lipinski definition) is 5. The third-order valence-electron chi connectivity index (χ3n) is 8.10. The van der Waals surface area contributed by atoms with Gasteiger partial charge in [-0.25, -0.2) is 0 Å². The maximum absolute atomic E-state index is 12.2. The topological polar surface area (TPSA) is 135 Å². The zero-order valence-electron chi connectivity index (χ0n) is 22.2. The monoisotopic (exact) mass is 476 g/mol. The Hall–Kier alpha value is -0.360. The Balaban J connectivity index is 3.32. The minimum atomic E-state index is -1.61. The van der Waals surface area contributed by atoms with E-state index in [1.807, 2.05) is 13.8 Å². The van der Waals surface area contributed by atoms with Crippen molar-refractivity contribution in [1.29, 1.82) is 0 Å². The number of nitrogens with one attached hydrogen (secondary N) is 1. The number of nitrogens with zero attached hydrogens (tertiary/aromatic N) is 1. The molecule has 0 aromatic rings. The van der Waals surface area contributed by atoms with E-state index in [-0.39, 0.29) is 13.2 Å². The minimum absolute atomic E-state index is 0.128. The van der Waals surface area contributed by atoms with Crippen molar-refractivity contribution in [1.82, 2.24) is 10.2 Å². The highest BCUT2D eigenvalue weighted by atomic mass is 16.6. The molecule has 33 heavy (non-hydrogen) atoms. The first kappa shape index (κ1) is 30.7. The Morgan fingerprint density at radius 3 is 1.82 bits per heavy atom. The maximum atomic E-state index is 12.2. The molecule has 198 valence electrons. The van der Waals surface area contributed by atoms with Crippen LogP contribution in [-0.2, 0) is 14.2 Å². The fourth-order valence-electron chi connectivity index (χ4n) is 5.48. The van der Waals surface area contributed by atoms with Gasteiger partial charge in [0.05, 0.1) is 18.8 Å². The van der Waals surface area contributed by atoms with Crippen LogP contribution in [0.1, 0.15) is 60.3 Å². The van der Waals surface area contributed by atoms with Gasteiger partial charge in [-0.2, -0.15) is 0 Å². The fourth-order valence-corrected chi connectivity index (χ4v) is 5.48. The lowest BCUT2D eigenvalue weighted by molar-refractivity contribution is -0.392. The summed E-state index contributed by atoms with van der Waals surface area (Å²) in [5, 5.41) is 27.4. The largest absolute Gasteiger partial charge is 0.385 e. The highest BCUT2D eigenvalue weighted by Gasteiger charge is 2.75. The SMILES string of the molecule is COCC1(C)OC(C)(COC)C(C)(N(CCCN)CCCCNCCCN)C(C)(O)C1(C)O. The second-order valence-electron chi connectivity index (χ2n) is 10.4. The average molecular weight is 477 g/mol. The first-order valence-corrected chi connectivity index (χ1v) is 12.3. The van der Waals surface area contributed by atoms with Crippen molar-refractivity contribution in [3.05, 3.63) is 0 Å². The van der Waals surface area contributed by atoms with Crippen LogP contribution in [0.15, 0.2) is 0 Å². The van der Waals surface area contributed by atoms with E-state index in [2.05, 4.69) is 10.2 Å². The summed E-state index contributed by atoms with van der Waals surface area (Å²) in [6.07, 6.45) is 3.64. The van der Waals surface area contributed by atoms with Gasteiger partial charge in [0, 0.05) is 20.8 Å². The van der Waals surface area contributed by atoms with Gasteiger partial charge in [0.25, 0.3) is 0 Å². The summed E-state index contributed by atoms with van der Waals surface area (Å²) in [5.74, 6) is 0. The average Bonchev–Trinajstić information content (AvgIpc) is 2.73. The van der Waals surface area contributed by atoms with Crippen LogP contribution in [0.2, 0.25) is 0 Å². The Morgan fingerprint density at radius 1 is 0.758 bits per heavy atom. The molecule has 0 aromatic heterocycles. The molecule has 0 aliphatic carbocycles. The van der Waals surface area contributed by atoms with Crippen LogP contribution in [0, 0.1) is 0 Å². The van der Waals surface area contributed by atoms with Gasteiger partial charge in [-0.05, 0) is 93.0 Å². The van der Waals surface area contributed by atoms with Gasteiger partial charge in [0.2, 0.25) is 0 Å². The number of nitrogens with two attached hydrogens (primary N) is 2. The Kier molecular flexibility index (Phi) is 11.7. The summed E-state index contributed by atoms with van der Waals surface area (Å²) in [5.41, 5.74) is 5.20. The van der Waals surface area contributed by atoms with Gasteiger partial charge in [0.15, 0.2) is 0 Å². The smallest absolute Gasteiger partial charge is 0.123 e. The van der Waals surface area contributed by atoms with Crippen molar-refractivity contribution in [2.24, 2.45) is 11.5 Å². The standard InChI is InChI=1S/C24H52N4O5/c1-20(18-31-6)22(3,24(5,30)23(4,29)21(2,33-20)19-32-7)28(17-11-13-26)16-9-8-14-27-15-10-12-25/h27,29-30H,8-19,25-26H2,1-7H3. The highest BCUT2D eigenvalue weighted by molar-refractivity contribution is 5.27. The molecule has 1 rings (SSSR count). The third kappa shape index (κ3) is 5.90. The fraction of sp³-hybridized carbons (Fsp3) is 1.00. The van der Waals surface area contributed by atoms with Crippen molar-refractivity contribution in [2.45, 2.75) is 88.2 Å². The predicted octanol–water partition coefficient (Wildman–Crippen LogP) is 0.457. The van der Waals surface area contributed by atoms with Crippen LogP contribution in [0.4, 0.5) is 0 Å². The normalized spacial score (nSPS) is 37.1. The molecule has 0 aromatic carbocycles. The van der Waals surface area contributed by atoms with Crippen LogP contribution in [0.5, 0.6) is 0 Å². The van der Waals surface area contributed by atoms with Crippen LogP contribution in [0.25, 0.3) is 0 Å². The summed E-state index contributed by atoms with van der Waals surface area (Å²) in [7, 11) is 3.19. The number of unbranched alkanes of at least 4 members (excludes halogenated alkanes) is 1. The molecule has 0 spiro atoms. The van der Waals surface area contributed by atoms with Crippen molar-refractivity contribution >= 4 is 0 Å². The van der Waals surface area contributed by atoms with Crippen LogP contribution in [-0.4, -0.2) is 110 Å². The first-order valence-electron chi connectivity index (χ1n) is 12.3. The molecule has 0 amide bonds. The zero-order valence-corrected chi connectivity index (χ0v) is 22.2. The number of ether oxygens (including phenoxy) is 3. The third-order valence-corrected chi connectivity index (χ3v) is 8.10. The van der Waals surface area contributed by atoms with Crippen LogP contribution in [0.3, 0.4) is 0 Å². The molecule has 0 radical (unpaired) electrons. The second-order valence-corrected chi connectivity index (χ2v) is 10.4. The van der Waals surface area contributed by atoms with Crippen molar-refractivity contribution < 1.29 is 24.4 Å². The van der Waals surface area contributed by atoms with E-state index in [1.165, 1.54) is 0 Å². The van der Waals surface area contributed by atoms with E-state index < -0.39 is 27.9 Å². The molecule has 0 saturated carbocycles. The van der Waals surface area contributed by atoms with Gasteiger partial charge in [-0.1, -0.05) is 0 Å². The Bertz CT molecular complexity index is 579. The summed E-state index contributed by atoms with van der Waals surface area (Å²) in [4.78, 5) is 2.24. The van der Waals surface area contributed by atoms with Crippen LogP contribution >= 0.6 is 0 Å². The van der Waals surface area contributed by atoms with Crippen molar-refractivity contribution in [3.8, 4) is 0 Å². The van der Waals surface area contributed by atoms with Gasteiger partial charge < -0.3 is 41.2 Å². The van der Waals surface area contributed by atoms with E-state index in [0.717, 1.165) is 45.3 Å². The quantitative estimate of drug-likeness (QED) is 0.201. The van der Waals surface area contributed by atoms with Gasteiger partial charge in [-0.15, -0.1) is 0 Å². The molecule has 9 heteroatoms. The van der Waals surface area contributed by atoms with Gasteiger partial charge >= 0.3 is 0 Å². The van der Waals surface area contributed by atoms with Crippen LogP contribution < -0.4 is 16.8 Å². The number of aliphatic hydroxyl groups is 2. The van der Waals surface area contributed by atoms with Gasteiger partial charge in [0.1, 0.15) is 22.4 Å². The molecular formula is C24H52N4O5. The number of hydrogen-bond acceptors (Lipinski definition) is 9. The molecule has 1 aliphatic rings. The number of rotatable bonds is 16. The molecule has 1 saturated heterocycles. The summed E-state index contributed by atoms with van der Waals surface area (Å²) in [6.45, 7) is 13.9. The van der Waals surface area contributed by atoms with E-state index in [1.54, 1.807) is 35.0 Å². The molecular weight excluding hydrogens is 424 g/mol. The van der Waals surface area contributed by atoms with E-state index in [9.17, 15) is 10.2 Å². The lowest BCUT2D eigenvalue weighted by atomic mass is 9.56. The lowest BCUT2D eigenvalue weighted by Gasteiger charge is -2.70. The zero-order chi connectivity index (χ0) is 25.4. The van der Waals surface area contributed by atoms with E-state index in [0.29, 0.717) is 19.6 Å². The predicted molar refractivity (Wildman–Crippen MR) is 132 cm³/mol. The van der Waals surface area contributed by atoms with Crippen molar-refractivity contribution in [3.63, 3.8) is 0 Å². The molecule has 0 bridgehead atoms. The first-order chi connectivity index (χ1) is 15.3. The molecule has 9 nitrogen and oxygen atoms in total. The molecule has 7 N–H and O–H groups in total. The molecule has 5 unspecified atom stereocenters. The minimum Gasteiger partial charge on any atom is -0.385 e. The summed E-state index contributed by atoms with van der Waals surface area (Å²) >= 11 is 0. The van der Waals surface area contributed by atoms with Gasteiger partial charge in [-0.3, -0.25) is 4.90 Å². The second kappa shape index (κ2) is 12.6.